The molecule has 1 saturated heterocycles. The molecule has 10 nitrogen and oxygen atoms in total. The van der Waals surface area contributed by atoms with Crippen molar-refractivity contribution in [1.82, 2.24) is 14.8 Å². The zero-order valence-electron chi connectivity index (χ0n) is 20.8. The van der Waals surface area contributed by atoms with Crippen molar-refractivity contribution in [2.45, 2.75) is 49.7 Å². The van der Waals surface area contributed by atoms with Gasteiger partial charge < -0.3 is 14.2 Å². The lowest BCUT2D eigenvalue weighted by Gasteiger charge is -2.40. The van der Waals surface area contributed by atoms with Crippen LogP contribution in [0.25, 0.3) is 11.0 Å². The molecule has 202 valence electrons. The van der Waals surface area contributed by atoms with Crippen LogP contribution in [0.2, 0.25) is 0 Å². The van der Waals surface area contributed by atoms with Crippen LogP contribution in [0.1, 0.15) is 42.3 Å². The smallest absolute Gasteiger partial charge is 0.339 e. The Morgan fingerprint density at radius 3 is 2.79 bits per heavy atom. The molecule has 0 bridgehead atoms. The molecule has 1 fully saturated rings. The Morgan fingerprint density at radius 2 is 2.08 bits per heavy atom. The molecule has 0 aliphatic carbocycles. The SMILES string of the molecule is COC1(F)N=CC=C(F)C1(c1ccccc1OCc1cnc2c(c1)c(C)nn2C1CCCCO1)S(N)(=O)=O. The maximum atomic E-state index is 15.9. The summed E-state index contributed by atoms with van der Waals surface area (Å²) < 4.78 is 72.2. The number of aromatic nitrogens is 3. The van der Waals surface area contributed by atoms with Crippen LogP contribution >= 0.6 is 0 Å². The number of rotatable bonds is 7. The Labute approximate surface area is 218 Å². The van der Waals surface area contributed by atoms with Gasteiger partial charge in [0.15, 0.2) is 11.9 Å². The van der Waals surface area contributed by atoms with Gasteiger partial charge in [0.2, 0.25) is 14.8 Å². The fourth-order valence-corrected chi connectivity index (χ4v) is 6.27. The Bertz CT molecular complexity index is 1540. The predicted molar refractivity (Wildman–Crippen MR) is 135 cm³/mol. The van der Waals surface area contributed by atoms with Crippen molar-refractivity contribution in [2.75, 3.05) is 13.7 Å². The third-order valence-corrected chi connectivity index (χ3v) is 8.33. The Balaban J connectivity index is 1.51. The summed E-state index contributed by atoms with van der Waals surface area (Å²) in [6, 6.07) is 7.40. The maximum Gasteiger partial charge on any atom is 0.339 e. The number of ether oxygens (including phenoxy) is 3. The second kappa shape index (κ2) is 9.80. The number of aryl methyl sites for hydroxylation is 1. The van der Waals surface area contributed by atoms with Crippen molar-refractivity contribution in [1.29, 1.82) is 0 Å². The number of hydrogen-bond donors (Lipinski definition) is 1. The van der Waals surface area contributed by atoms with Gasteiger partial charge in [-0.05, 0) is 44.4 Å². The monoisotopic (exact) mass is 547 g/mol. The van der Waals surface area contributed by atoms with Gasteiger partial charge in [-0.2, -0.15) is 9.49 Å². The van der Waals surface area contributed by atoms with Crippen LogP contribution in [0.5, 0.6) is 5.75 Å². The normalized spacial score (nSPS) is 25.9. The highest BCUT2D eigenvalue weighted by Crippen LogP contribution is 2.53. The second-order valence-corrected chi connectivity index (χ2v) is 10.8. The Hall–Kier alpha value is -3.26. The summed E-state index contributed by atoms with van der Waals surface area (Å²) in [5.74, 6) is -4.90. The standard InChI is InChI=1S/C25H27F2N5O5S/c1-16-18-13-17(14-29-23(18)32(31-16)22-9-5-6-12-36-22)15-37-20-8-4-3-7-19(20)24(38(28,33)34)21(26)10-11-30-25(24,27)35-2/h3-4,7-8,10-11,13-14,22H,5-6,9,12,15H2,1-2H3,(H2,28,33,34). The summed E-state index contributed by atoms with van der Waals surface area (Å²) in [6.07, 6.45) is 5.83. The molecule has 0 radical (unpaired) electrons. The van der Waals surface area contributed by atoms with E-state index in [-0.39, 0.29) is 18.6 Å². The van der Waals surface area contributed by atoms with Gasteiger partial charge in [-0.25, -0.2) is 32.6 Å². The first-order valence-electron chi connectivity index (χ1n) is 12.0. The van der Waals surface area contributed by atoms with Gasteiger partial charge in [-0.15, -0.1) is 0 Å². The lowest BCUT2D eigenvalue weighted by atomic mass is 9.90. The molecular weight excluding hydrogens is 520 g/mol. The van der Waals surface area contributed by atoms with E-state index in [9.17, 15) is 8.42 Å². The first-order chi connectivity index (χ1) is 18.1. The van der Waals surface area contributed by atoms with Crippen molar-refractivity contribution in [3.63, 3.8) is 0 Å². The highest BCUT2D eigenvalue weighted by molar-refractivity contribution is 7.90. The molecule has 2 aliphatic heterocycles. The van der Waals surface area contributed by atoms with Gasteiger partial charge in [-0.1, -0.05) is 18.2 Å². The minimum absolute atomic E-state index is 0.0912. The molecule has 0 amide bonds. The lowest BCUT2D eigenvalue weighted by molar-refractivity contribution is -0.142. The van der Waals surface area contributed by atoms with Gasteiger partial charge >= 0.3 is 5.98 Å². The third-order valence-electron chi connectivity index (χ3n) is 6.81. The number of sulfonamides is 1. The first-order valence-corrected chi connectivity index (χ1v) is 13.5. The quantitative estimate of drug-likeness (QED) is 0.446. The zero-order chi connectivity index (χ0) is 27.1. The van der Waals surface area contributed by atoms with Crippen LogP contribution in [0.4, 0.5) is 8.78 Å². The minimum atomic E-state index is -5.03. The first kappa shape index (κ1) is 26.4. The number of nitrogens with two attached hydrogens (primary N) is 1. The van der Waals surface area contributed by atoms with Crippen molar-refractivity contribution in [2.24, 2.45) is 10.1 Å². The van der Waals surface area contributed by atoms with E-state index in [4.69, 9.17) is 19.3 Å². The van der Waals surface area contributed by atoms with E-state index >= 15 is 8.78 Å². The minimum Gasteiger partial charge on any atom is -0.488 e. The largest absolute Gasteiger partial charge is 0.488 e. The molecule has 5 rings (SSSR count). The fraction of sp³-hybridized carbons (Fsp3) is 0.400. The predicted octanol–water partition coefficient (Wildman–Crippen LogP) is 3.71. The molecule has 13 heteroatoms. The molecule has 0 spiro atoms. The highest BCUT2D eigenvalue weighted by atomic mass is 32.2. The van der Waals surface area contributed by atoms with E-state index in [2.05, 4.69) is 15.1 Å². The number of nitrogens with zero attached hydrogens (tertiary/aromatic N) is 4. The molecule has 38 heavy (non-hydrogen) atoms. The third kappa shape index (κ3) is 4.10. The van der Waals surface area contributed by atoms with E-state index in [1.807, 2.05) is 13.0 Å². The van der Waals surface area contributed by atoms with Gasteiger partial charge in [0.1, 0.15) is 18.2 Å². The number of pyridine rings is 1. The summed E-state index contributed by atoms with van der Waals surface area (Å²) in [6.45, 7) is 2.44. The Morgan fingerprint density at radius 1 is 1.29 bits per heavy atom. The average Bonchev–Trinajstić information content (AvgIpc) is 3.23. The van der Waals surface area contributed by atoms with Crippen molar-refractivity contribution in [3.05, 3.63) is 65.3 Å². The summed E-state index contributed by atoms with van der Waals surface area (Å²) in [5.41, 5.74) is 1.65. The number of benzene rings is 1. The molecule has 2 N–H and O–H groups in total. The number of allylic oxidation sites excluding steroid dienone is 1. The number of methoxy groups -OCH3 is 1. The molecule has 2 aliphatic rings. The van der Waals surface area contributed by atoms with Gasteiger partial charge in [0.05, 0.1) is 5.69 Å². The van der Waals surface area contributed by atoms with Crippen molar-refractivity contribution < 1.29 is 31.4 Å². The summed E-state index contributed by atoms with van der Waals surface area (Å²) in [5, 5.41) is 10.9. The molecule has 4 heterocycles. The van der Waals surface area contributed by atoms with Crippen LogP contribution in [-0.2, 0) is 30.9 Å². The number of alkyl halides is 1. The molecular formula is C25H27F2N5O5S. The fourth-order valence-electron chi connectivity index (χ4n) is 4.96. The molecule has 3 unspecified atom stereocenters. The second-order valence-electron chi connectivity index (χ2n) is 9.14. The van der Waals surface area contributed by atoms with Gasteiger partial charge in [0.25, 0.3) is 0 Å². The summed E-state index contributed by atoms with van der Waals surface area (Å²) in [7, 11) is -4.15. The zero-order valence-corrected chi connectivity index (χ0v) is 21.6. The number of halogens is 2. The van der Waals surface area contributed by atoms with Gasteiger partial charge in [0, 0.05) is 42.6 Å². The van der Waals surface area contributed by atoms with Gasteiger partial charge in [-0.3, -0.25) is 0 Å². The highest BCUT2D eigenvalue weighted by Gasteiger charge is 2.68. The van der Waals surface area contributed by atoms with E-state index < -0.39 is 32.1 Å². The van der Waals surface area contributed by atoms with E-state index in [0.717, 1.165) is 49.7 Å². The number of dihydropyridines is 1. The number of aliphatic imine (C=N–C) groups is 1. The summed E-state index contributed by atoms with van der Waals surface area (Å²) >= 11 is 0. The Kier molecular flexibility index (Phi) is 6.80. The summed E-state index contributed by atoms with van der Waals surface area (Å²) in [4.78, 5) is 8.06. The van der Waals surface area contributed by atoms with E-state index in [1.165, 1.54) is 24.3 Å². The molecule has 2 aromatic heterocycles. The van der Waals surface area contributed by atoms with Crippen LogP contribution in [0, 0.1) is 6.92 Å². The number of hydrogen-bond acceptors (Lipinski definition) is 8. The number of fused-ring (bicyclic) bond motifs is 1. The van der Waals surface area contributed by atoms with Crippen LogP contribution in [0.3, 0.4) is 0 Å². The topological polar surface area (TPSA) is 131 Å². The van der Waals surface area contributed by atoms with E-state index in [1.54, 1.807) is 10.9 Å². The molecule has 3 aromatic rings. The molecule has 0 saturated carbocycles. The van der Waals surface area contributed by atoms with Crippen LogP contribution in [-0.4, -0.2) is 49.1 Å². The molecule has 1 aromatic carbocycles. The van der Waals surface area contributed by atoms with Crippen molar-refractivity contribution >= 4 is 27.3 Å². The van der Waals surface area contributed by atoms with Crippen LogP contribution < -0.4 is 9.88 Å². The maximum absolute atomic E-state index is 15.9. The molecule has 3 atom stereocenters. The number of para-hydroxylation sites is 1. The van der Waals surface area contributed by atoms with E-state index in [0.29, 0.717) is 17.8 Å². The van der Waals surface area contributed by atoms with Crippen LogP contribution in [0.15, 0.2) is 53.4 Å². The number of primary sulfonamides is 1. The van der Waals surface area contributed by atoms with Crippen molar-refractivity contribution in [3.8, 4) is 5.75 Å². The average molecular weight is 548 g/mol. The lowest BCUT2D eigenvalue weighted by Crippen LogP contribution is -2.58.